The van der Waals surface area contributed by atoms with Gasteiger partial charge in [-0.2, -0.15) is 0 Å². The molecule has 2 N–H and O–H groups in total. The predicted octanol–water partition coefficient (Wildman–Crippen LogP) is 3.54. The Morgan fingerprint density at radius 3 is 2.87 bits per heavy atom. The first-order valence-corrected chi connectivity index (χ1v) is 11.0. The zero-order valence-electron chi connectivity index (χ0n) is 18.1. The van der Waals surface area contributed by atoms with E-state index in [0.29, 0.717) is 13.0 Å². The number of ether oxygens (including phenoxy) is 2. The predicted molar refractivity (Wildman–Crippen MR) is 123 cm³/mol. The molecular weight excluding hydrogens is 390 g/mol. The summed E-state index contributed by atoms with van der Waals surface area (Å²) >= 11 is 0. The van der Waals surface area contributed by atoms with Crippen LogP contribution < -0.4 is 10.1 Å². The third kappa shape index (κ3) is 5.46. The van der Waals surface area contributed by atoms with Crippen molar-refractivity contribution in [1.82, 2.24) is 15.2 Å². The Labute approximate surface area is 183 Å². The van der Waals surface area contributed by atoms with Gasteiger partial charge in [-0.15, -0.1) is 0 Å². The van der Waals surface area contributed by atoms with Crippen molar-refractivity contribution in [3.63, 3.8) is 0 Å². The number of methoxy groups -OCH3 is 1. The number of hydrogen-bond donors (Lipinski definition) is 2. The maximum atomic E-state index is 12.9. The molecule has 3 aromatic rings. The van der Waals surface area contributed by atoms with Gasteiger partial charge in [-0.05, 0) is 42.3 Å². The molecule has 4 rings (SSSR count). The van der Waals surface area contributed by atoms with Crippen molar-refractivity contribution in [3.05, 3.63) is 65.9 Å². The number of aromatic amines is 1. The van der Waals surface area contributed by atoms with Crippen LogP contribution in [0, 0.1) is 0 Å². The van der Waals surface area contributed by atoms with E-state index in [4.69, 9.17) is 9.47 Å². The van der Waals surface area contributed by atoms with Crippen molar-refractivity contribution in [2.24, 2.45) is 0 Å². The average Bonchev–Trinajstić information content (AvgIpc) is 3.25. The van der Waals surface area contributed by atoms with Gasteiger partial charge in [0, 0.05) is 49.1 Å². The summed E-state index contributed by atoms with van der Waals surface area (Å²) < 4.78 is 10.8. The topological polar surface area (TPSA) is 66.6 Å². The number of nitrogens with zero attached hydrogens (tertiary/aromatic N) is 1. The molecule has 6 heteroatoms. The summed E-state index contributed by atoms with van der Waals surface area (Å²) in [6, 6.07) is 16.2. The van der Waals surface area contributed by atoms with E-state index in [1.54, 1.807) is 7.11 Å². The molecule has 0 radical (unpaired) electrons. The molecule has 0 bridgehead atoms. The maximum Gasteiger partial charge on any atom is 0.220 e. The van der Waals surface area contributed by atoms with E-state index in [1.165, 1.54) is 0 Å². The normalized spacial score (nSPS) is 15.6. The van der Waals surface area contributed by atoms with Crippen LogP contribution in [0.5, 0.6) is 5.75 Å². The highest BCUT2D eigenvalue weighted by atomic mass is 16.5. The lowest BCUT2D eigenvalue weighted by Gasteiger charge is -2.26. The molecule has 1 fully saturated rings. The second-order valence-corrected chi connectivity index (χ2v) is 7.98. The summed E-state index contributed by atoms with van der Waals surface area (Å²) in [5.41, 5.74) is 3.29. The summed E-state index contributed by atoms with van der Waals surface area (Å²) in [5, 5.41) is 4.27. The molecule has 6 nitrogen and oxygen atoms in total. The number of fused-ring (bicyclic) bond motifs is 1. The number of carbonyl (C=O) groups excluding carboxylic acids is 1. The molecule has 1 unspecified atom stereocenters. The molecule has 2 heterocycles. The molecule has 0 aliphatic carbocycles. The lowest BCUT2D eigenvalue weighted by atomic mass is 9.88. The Hall–Kier alpha value is -2.83. The van der Waals surface area contributed by atoms with E-state index in [1.807, 2.05) is 36.5 Å². The number of benzene rings is 2. The minimum absolute atomic E-state index is 0.0505. The van der Waals surface area contributed by atoms with Crippen molar-refractivity contribution in [2.45, 2.75) is 18.8 Å². The molecule has 1 atom stereocenters. The molecule has 31 heavy (non-hydrogen) atoms. The largest absolute Gasteiger partial charge is 0.497 e. The Morgan fingerprint density at radius 1 is 1.19 bits per heavy atom. The molecular formula is C25H31N3O3. The van der Waals surface area contributed by atoms with E-state index < -0.39 is 0 Å². The molecule has 1 aromatic heterocycles. The molecule has 1 aliphatic rings. The molecule has 1 aliphatic heterocycles. The van der Waals surface area contributed by atoms with Crippen LogP contribution in [0.15, 0.2) is 54.7 Å². The van der Waals surface area contributed by atoms with Gasteiger partial charge in [0.25, 0.3) is 0 Å². The van der Waals surface area contributed by atoms with E-state index >= 15 is 0 Å². The summed E-state index contributed by atoms with van der Waals surface area (Å²) in [7, 11) is 1.67. The number of hydrogen-bond acceptors (Lipinski definition) is 4. The van der Waals surface area contributed by atoms with Crippen molar-refractivity contribution >= 4 is 16.8 Å². The molecule has 164 valence electrons. The van der Waals surface area contributed by atoms with E-state index in [-0.39, 0.29) is 11.8 Å². The highest BCUT2D eigenvalue weighted by Crippen LogP contribution is 2.34. The molecule has 0 saturated carbocycles. The van der Waals surface area contributed by atoms with E-state index in [0.717, 1.165) is 67.0 Å². The summed E-state index contributed by atoms with van der Waals surface area (Å²) in [6.45, 7) is 5.25. The molecule has 2 aromatic carbocycles. The van der Waals surface area contributed by atoms with Crippen molar-refractivity contribution in [2.75, 3.05) is 46.5 Å². The van der Waals surface area contributed by atoms with Gasteiger partial charge in [-0.1, -0.05) is 30.3 Å². The van der Waals surface area contributed by atoms with Gasteiger partial charge in [0.05, 0.1) is 20.3 Å². The minimum atomic E-state index is -0.0505. The third-order valence-electron chi connectivity index (χ3n) is 5.96. The van der Waals surface area contributed by atoms with Crippen LogP contribution in [-0.4, -0.2) is 62.3 Å². The second kappa shape index (κ2) is 10.5. The Balaban J connectivity index is 1.45. The number of carbonyl (C=O) groups is 1. The quantitative estimate of drug-likeness (QED) is 0.519. The average molecular weight is 422 g/mol. The van der Waals surface area contributed by atoms with Crippen LogP contribution in [0.1, 0.15) is 29.9 Å². The van der Waals surface area contributed by atoms with Crippen LogP contribution in [0.3, 0.4) is 0 Å². The van der Waals surface area contributed by atoms with Gasteiger partial charge in [-0.25, -0.2) is 0 Å². The number of nitrogens with one attached hydrogen (secondary N) is 2. The van der Waals surface area contributed by atoms with Gasteiger partial charge in [0.1, 0.15) is 5.75 Å². The number of para-hydroxylation sites is 1. The standard InChI is InChI=1S/C25H31N3O3/c1-30-20-7-4-6-19(16-20)22(23-18-27-24-9-3-2-8-21(23)24)17-25(29)26-10-5-11-28-12-14-31-15-13-28/h2-4,6-9,16,18,22,27H,5,10-15,17H2,1H3,(H,26,29). The fraction of sp³-hybridized carbons (Fsp3) is 0.400. The zero-order chi connectivity index (χ0) is 21.5. The van der Waals surface area contributed by atoms with Gasteiger partial charge in [-0.3, -0.25) is 9.69 Å². The fourth-order valence-electron chi connectivity index (χ4n) is 4.26. The fourth-order valence-corrected chi connectivity index (χ4v) is 4.26. The first-order chi connectivity index (χ1) is 15.2. The Bertz CT molecular complexity index is 994. The first kappa shape index (κ1) is 21.4. The maximum absolute atomic E-state index is 12.9. The summed E-state index contributed by atoms with van der Waals surface area (Å²) in [6.07, 6.45) is 3.37. The van der Waals surface area contributed by atoms with E-state index in [2.05, 4.69) is 33.4 Å². The van der Waals surface area contributed by atoms with Gasteiger partial charge in [0.2, 0.25) is 5.91 Å². The van der Waals surface area contributed by atoms with Crippen LogP contribution in [0.25, 0.3) is 10.9 Å². The second-order valence-electron chi connectivity index (χ2n) is 7.98. The highest BCUT2D eigenvalue weighted by Gasteiger charge is 2.22. The van der Waals surface area contributed by atoms with Gasteiger partial charge >= 0.3 is 0 Å². The minimum Gasteiger partial charge on any atom is -0.497 e. The van der Waals surface area contributed by atoms with Crippen LogP contribution >= 0.6 is 0 Å². The van der Waals surface area contributed by atoms with Gasteiger partial charge in [0.15, 0.2) is 0 Å². The Kier molecular flexibility index (Phi) is 7.22. The zero-order valence-corrected chi connectivity index (χ0v) is 18.1. The van der Waals surface area contributed by atoms with Crippen molar-refractivity contribution in [3.8, 4) is 5.75 Å². The number of amides is 1. The molecule has 0 spiro atoms. The number of morpholine rings is 1. The lowest BCUT2D eigenvalue weighted by molar-refractivity contribution is -0.121. The Morgan fingerprint density at radius 2 is 2.03 bits per heavy atom. The lowest BCUT2D eigenvalue weighted by Crippen LogP contribution is -2.38. The summed E-state index contributed by atoms with van der Waals surface area (Å²) in [4.78, 5) is 18.6. The number of aromatic nitrogens is 1. The van der Waals surface area contributed by atoms with Crippen LogP contribution in [0.4, 0.5) is 0 Å². The van der Waals surface area contributed by atoms with E-state index in [9.17, 15) is 4.79 Å². The van der Waals surface area contributed by atoms with Crippen molar-refractivity contribution in [1.29, 1.82) is 0 Å². The third-order valence-corrected chi connectivity index (χ3v) is 5.96. The van der Waals surface area contributed by atoms with Crippen LogP contribution in [0.2, 0.25) is 0 Å². The highest BCUT2D eigenvalue weighted by molar-refractivity contribution is 5.86. The molecule has 1 amide bonds. The van der Waals surface area contributed by atoms with Crippen LogP contribution in [-0.2, 0) is 9.53 Å². The van der Waals surface area contributed by atoms with Crippen molar-refractivity contribution < 1.29 is 14.3 Å². The smallest absolute Gasteiger partial charge is 0.220 e. The first-order valence-electron chi connectivity index (χ1n) is 11.0. The summed E-state index contributed by atoms with van der Waals surface area (Å²) in [5.74, 6) is 0.818. The number of rotatable bonds is 9. The molecule has 1 saturated heterocycles. The SMILES string of the molecule is COc1cccc(C(CC(=O)NCCCN2CCOCC2)c2c[nH]c3ccccc23)c1. The monoisotopic (exact) mass is 421 g/mol. The number of H-pyrrole nitrogens is 1. The van der Waals surface area contributed by atoms with Gasteiger partial charge < -0.3 is 19.8 Å².